The van der Waals surface area contributed by atoms with Crippen molar-refractivity contribution in [2.24, 2.45) is 0 Å². The van der Waals surface area contributed by atoms with Crippen molar-refractivity contribution in [1.29, 1.82) is 0 Å². The average Bonchev–Trinajstić information content (AvgIpc) is 2.71. The number of aryl methyl sites for hydroxylation is 1. The zero-order valence-electron chi connectivity index (χ0n) is 15.7. The van der Waals surface area contributed by atoms with Gasteiger partial charge in [-0.3, -0.25) is 9.59 Å². The van der Waals surface area contributed by atoms with Crippen molar-refractivity contribution in [2.45, 2.75) is 12.8 Å². The van der Waals surface area contributed by atoms with Gasteiger partial charge in [0.1, 0.15) is 0 Å². The first-order valence-corrected chi connectivity index (χ1v) is 8.56. The van der Waals surface area contributed by atoms with Gasteiger partial charge >= 0.3 is 0 Å². The molecule has 2 N–H and O–H groups in total. The fraction of sp³-hybridized carbons (Fsp3) is 0.238. The van der Waals surface area contributed by atoms with Crippen molar-refractivity contribution in [2.75, 3.05) is 26.6 Å². The SMILES string of the molecule is CNC(=O)CCc1ccc(NC(=O)/C=C/c2ccc(OC)c(OC)c2)cc1. The predicted octanol–water partition coefficient (Wildman–Crippen LogP) is 3.03. The van der Waals surface area contributed by atoms with Gasteiger partial charge in [-0.05, 0) is 47.9 Å². The van der Waals surface area contributed by atoms with E-state index >= 15 is 0 Å². The quantitative estimate of drug-likeness (QED) is 0.702. The largest absolute Gasteiger partial charge is 0.493 e. The summed E-state index contributed by atoms with van der Waals surface area (Å²) in [5.74, 6) is 1.01. The van der Waals surface area contributed by atoms with Gasteiger partial charge in [0.05, 0.1) is 14.2 Å². The molecule has 0 radical (unpaired) electrons. The van der Waals surface area contributed by atoms with Gasteiger partial charge < -0.3 is 20.1 Å². The lowest BCUT2D eigenvalue weighted by atomic mass is 10.1. The maximum atomic E-state index is 12.1. The average molecular weight is 368 g/mol. The maximum absolute atomic E-state index is 12.1. The Bertz CT molecular complexity index is 813. The standard InChI is InChI=1S/C21H24N2O4/c1-22-20(24)12-7-15-4-9-17(10-5-15)23-21(25)13-8-16-6-11-18(26-2)19(14-16)27-3/h4-6,8-11,13-14H,7,12H2,1-3H3,(H,22,24)(H,23,25)/b13-8+. The molecule has 142 valence electrons. The highest BCUT2D eigenvalue weighted by Gasteiger charge is 2.04. The van der Waals surface area contributed by atoms with Crippen LogP contribution in [-0.4, -0.2) is 33.1 Å². The summed E-state index contributed by atoms with van der Waals surface area (Å²) in [4.78, 5) is 23.4. The van der Waals surface area contributed by atoms with Crippen molar-refractivity contribution in [3.05, 3.63) is 59.7 Å². The fourth-order valence-electron chi connectivity index (χ4n) is 2.45. The molecule has 0 heterocycles. The molecule has 2 aromatic carbocycles. The van der Waals surface area contributed by atoms with Crippen LogP contribution in [0.4, 0.5) is 5.69 Å². The number of benzene rings is 2. The number of carbonyl (C=O) groups excluding carboxylic acids is 2. The van der Waals surface area contributed by atoms with Crippen molar-refractivity contribution >= 4 is 23.6 Å². The molecule has 0 saturated carbocycles. The number of amides is 2. The molecule has 0 unspecified atom stereocenters. The molecular weight excluding hydrogens is 344 g/mol. The van der Waals surface area contributed by atoms with Crippen LogP contribution in [0.2, 0.25) is 0 Å². The molecule has 0 aliphatic rings. The molecule has 27 heavy (non-hydrogen) atoms. The van der Waals surface area contributed by atoms with Crippen LogP contribution in [0.15, 0.2) is 48.5 Å². The number of carbonyl (C=O) groups is 2. The highest BCUT2D eigenvalue weighted by molar-refractivity contribution is 6.01. The van der Waals surface area contributed by atoms with Crippen LogP contribution in [0, 0.1) is 0 Å². The van der Waals surface area contributed by atoms with Crippen LogP contribution in [-0.2, 0) is 16.0 Å². The van der Waals surface area contributed by atoms with Gasteiger partial charge in [0.2, 0.25) is 11.8 Å². The predicted molar refractivity (Wildman–Crippen MR) is 106 cm³/mol. The van der Waals surface area contributed by atoms with E-state index in [4.69, 9.17) is 9.47 Å². The van der Waals surface area contributed by atoms with Gasteiger partial charge in [0.15, 0.2) is 11.5 Å². The van der Waals surface area contributed by atoms with Gasteiger partial charge in [-0.1, -0.05) is 18.2 Å². The van der Waals surface area contributed by atoms with Gasteiger partial charge in [-0.2, -0.15) is 0 Å². The molecule has 0 aliphatic carbocycles. The molecule has 2 rings (SSSR count). The van der Waals surface area contributed by atoms with E-state index in [1.54, 1.807) is 39.5 Å². The number of anilines is 1. The molecule has 0 bridgehead atoms. The van der Waals surface area contributed by atoms with Crippen LogP contribution in [0.5, 0.6) is 11.5 Å². The first-order valence-electron chi connectivity index (χ1n) is 8.56. The van der Waals surface area contributed by atoms with Crippen LogP contribution in [0.3, 0.4) is 0 Å². The molecule has 0 atom stereocenters. The van der Waals surface area contributed by atoms with E-state index in [-0.39, 0.29) is 11.8 Å². The van der Waals surface area contributed by atoms with Gasteiger partial charge in [-0.15, -0.1) is 0 Å². The monoisotopic (exact) mass is 368 g/mol. The topological polar surface area (TPSA) is 76.7 Å². The number of ether oxygens (including phenoxy) is 2. The summed E-state index contributed by atoms with van der Waals surface area (Å²) in [7, 11) is 4.76. The molecule has 2 amide bonds. The smallest absolute Gasteiger partial charge is 0.248 e. The zero-order valence-corrected chi connectivity index (χ0v) is 15.7. The molecule has 6 heteroatoms. The third-order valence-corrected chi connectivity index (χ3v) is 3.98. The second-order valence-electron chi connectivity index (χ2n) is 5.81. The van der Waals surface area contributed by atoms with Crippen molar-refractivity contribution < 1.29 is 19.1 Å². The Morgan fingerprint density at radius 3 is 2.33 bits per heavy atom. The van der Waals surface area contributed by atoms with E-state index in [1.807, 2.05) is 30.3 Å². The molecule has 2 aromatic rings. The van der Waals surface area contributed by atoms with Crippen molar-refractivity contribution in [1.82, 2.24) is 5.32 Å². The third kappa shape index (κ3) is 6.18. The fourth-order valence-corrected chi connectivity index (χ4v) is 2.45. The number of rotatable bonds is 8. The zero-order chi connectivity index (χ0) is 19.6. The number of methoxy groups -OCH3 is 2. The lowest BCUT2D eigenvalue weighted by Gasteiger charge is -2.07. The lowest BCUT2D eigenvalue weighted by Crippen LogP contribution is -2.17. The van der Waals surface area contributed by atoms with E-state index in [1.165, 1.54) is 6.08 Å². The summed E-state index contributed by atoms with van der Waals surface area (Å²) >= 11 is 0. The van der Waals surface area contributed by atoms with Gasteiger partial charge in [0.25, 0.3) is 0 Å². The minimum absolute atomic E-state index is 0.00711. The van der Waals surface area contributed by atoms with E-state index in [2.05, 4.69) is 10.6 Å². The number of hydrogen-bond donors (Lipinski definition) is 2. The van der Waals surface area contributed by atoms with Crippen molar-refractivity contribution in [3.8, 4) is 11.5 Å². The summed E-state index contributed by atoms with van der Waals surface area (Å²) in [5.41, 5.74) is 2.56. The summed E-state index contributed by atoms with van der Waals surface area (Å²) in [6.07, 6.45) is 4.26. The third-order valence-electron chi connectivity index (χ3n) is 3.98. The summed E-state index contributed by atoms with van der Waals surface area (Å²) in [5, 5.41) is 5.40. The molecule has 6 nitrogen and oxygen atoms in total. The van der Waals surface area contributed by atoms with E-state index in [0.29, 0.717) is 30.0 Å². The van der Waals surface area contributed by atoms with Crippen LogP contribution in [0.25, 0.3) is 6.08 Å². The molecule has 0 aromatic heterocycles. The minimum Gasteiger partial charge on any atom is -0.493 e. The first-order chi connectivity index (χ1) is 13.0. The summed E-state index contributed by atoms with van der Waals surface area (Å²) < 4.78 is 10.4. The highest BCUT2D eigenvalue weighted by Crippen LogP contribution is 2.27. The highest BCUT2D eigenvalue weighted by atomic mass is 16.5. The normalized spacial score (nSPS) is 10.5. The lowest BCUT2D eigenvalue weighted by molar-refractivity contribution is -0.120. The van der Waals surface area contributed by atoms with Gasteiger partial charge in [0, 0.05) is 25.2 Å². The second-order valence-corrected chi connectivity index (χ2v) is 5.81. The van der Waals surface area contributed by atoms with Gasteiger partial charge in [-0.25, -0.2) is 0 Å². The number of nitrogens with one attached hydrogen (secondary N) is 2. The van der Waals surface area contributed by atoms with E-state index in [0.717, 1.165) is 11.1 Å². The van der Waals surface area contributed by atoms with Crippen molar-refractivity contribution in [3.63, 3.8) is 0 Å². The molecule has 0 fully saturated rings. The van der Waals surface area contributed by atoms with Crippen LogP contribution in [0.1, 0.15) is 17.5 Å². The Morgan fingerprint density at radius 1 is 1.00 bits per heavy atom. The maximum Gasteiger partial charge on any atom is 0.248 e. The molecular formula is C21H24N2O4. The van der Waals surface area contributed by atoms with E-state index in [9.17, 15) is 9.59 Å². The minimum atomic E-state index is -0.233. The first kappa shape index (κ1) is 20.0. The second kappa shape index (κ2) is 10.0. The van der Waals surface area contributed by atoms with E-state index < -0.39 is 0 Å². The summed E-state index contributed by atoms with van der Waals surface area (Å²) in [6.45, 7) is 0. The summed E-state index contributed by atoms with van der Waals surface area (Å²) in [6, 6.07) is 12.9. The molecule has 0 aliphatic heterocycles. The Hall–Kier alpha value is -3.28. The Kier molecular flexibility index (Phi) is 7.43. The van der Waals surface area contributed by atoms with Crippen LogP contribution < -0.4 is 20.1 Å². The Morgan fingerprint density at radius 2 is 1.70 bits per heavy atom. The van der Waals surface area contributed by atoms with Crippen LogP contribution >= 0.6 is 0 Å². The number of hydrogen-bond acceptors (Lipinski definition) is 4. The molecule has 0 saturated heterocycles. The molecule has 0 spiro atoms. The Balaban J connectivity index is 1.93. The Labute approximate surface area is 159 Å².